The van der Waals surface area contributed by atoms with Crippen LogP contribution in [0.5, 0.6) is 5.75 Å². The first-order valence-electron chi connectivity index (χ1n) is 11.0. The van der Waals surface area contributed by atoms with E-state index in [0.29, 0.717) is 18.7 Å². The molecule has 1 aliphatic rings. The quantitative estimate of drug-likeness (QED) is 0.558. The largest absolute Gasteiger partial charge is 0.493 e. The van der Waals surface area contributed by atoms with Gasteiger partial charge in [0.15, 0.2) is 0 Å². The Morgan fingerprint density at radius 3 is 2.30 bits per heavy atom. The van der Waals surface area contributed by atoms with Crippen LogP contribution in [0.25, 0.3) is 0 Å². The Hall–Kier alpha value is -3.32. The van der Waals surface area contributed by atoms with Gasteiger partial charge in [-0.05, 0) is 44.2 Å². The van der Waals surface area contributed by atoms with Gasteiger partial charge in [0.1, 0.15) is 5.75 Å². The predicted molar refractivity (Wildman–Crippen MR) is 129 cm³/mol. The number of carbonyl (C=O) groups excluding carboxylic acids is 1. The van der Waals surface area contributed by atoms with Crippen molar-refractivity contribution < 1.29 is 17.9 Å². The van der Waals surface area contributed by atoms with Crippen LogP contribution in [0.2, 0.25) is 0 Å². The van der Waals surface area contributed by atoms with Crippen LogP contribution >= 0.6 is 0 Å². The summed E-state index contributed by atoms with van der Waals surface area (Å²) in [5, 5.41) is 3.05. The van der Waals surface area contributed by atoms with Gasteiger partial charge in [0, 0.05) is 24.9 Å². The van der Waals surface area contributed by atoms with E-state index < -0.39 is 10.0 Å². The molecule has 1 aliphatic heterocycles. The second-order valence-electron chi connectivity index (χ2n) is 8.27. The van der Waals surface area contributed by atoms with Crippen LogP contribution in [-0.2, 0) is 14.8 Å². The summed E-state index contributed by atoms with van der Waals surface area (Å²) in [7, 11) is -3.83. The molecule has 172 valence electrons. The zero-order valence-electron chi connectivity index (χ0n) is 18.8. The molecule has 6 nitrogen and oxygen atoms in total. The summed E-state index contributed by atoms with van der Waals surface area (Å²) in [6.07, 6.45) is 0.713. The van der Waals surface area contributed by atoms with Gasteiger partial charge < -0.3 is 10.1 Å². The molecule has 1 N–H and O–H groups in total. The monoisotopic (exact) mass is 464 g/mol. The van der Waals surface area contributed by atoms with E-state index in [9.17, 15) is 13.2 Å². The summed E-state index contributed by atoms with van der Waals surface area (Å²) in [6.45, 7) is 4.42. The van der Waals surface area contributed by atoms with Gasteiger partial charge in [0.05, 0.1) is 23.2 Å². The predicted octanol–water partition coefficient (Wildman–Crippen LogP) is 4.53. The highest BCUT2D eigenvalue weighted by Crippen LogP contribution is 2.31. The average Bonchev–Trinajstić information content (AvgIpc) is 2.81. The summed E-state index contributed by atoms with van der Waals surface area (Å²) >= 11 is 0. The third-order valence-corrected chi connectivity index (χ3v) is 7.61. The fourth-order valence-corrected chi connectivity index (χ4v) is 5.36. The first-order valence-corrected chi connectivity index (χ1v) is 12.5. The third kappa shape index (κ3) is 5.20. The van der Waals surface area contributed by atoms with Crippen LogP contribution < -0.4 is 14.4 Å². The number of sulfonamides is 1. The van der Waals surface area contributed by atoms with Crippen molar-refractivity contribution in [1.82, 2.24) is 5.32 Å². The molecule has 0 bridgehead atoms. The fourth-order valence-electron chi connectivity index (χ4n) is 3.90. The fraction of sp³-hybridized carbons (Fsp3) is 0.269. The van der Waals surface area contributed by atoms with Crippen LogP contribution in [0.3, 0.4) is 0 Å². The van der Waals surface area contributed by atoms with Crippen LogP contribution in [-0.4, -0.2) is 27.5 Å². The van der Waals surface area contributed by atoms with Crippen molar-refractivity contribution >= 4 is 21.6 Å². The van der Waals surface area contributed by atoms with Gasteiger partial charge in [-0.15, -0.1) is 0 Å². The molecular weight excluding hydrogens is 436 g/mol. The number of hydrogen-bond acceptors (Lipinski definition) is 4. The minimum Gasteiger partial charge on any atom is -0.493 e. The van der Waals surface area contributed by atoms with E-state index in [1.54, 1.807) is 36.4 Å². The number of ether oxygens (including phenoxy) is 1. The molecule has 0 spiro atoms. The summed E-state index contributed by atoms with van der Waals surface area (Å²) in [6, 6.07) is 21.5. The maximum atomic E-state index is 13.5. The van der Waals surface area contributed by atoms with Crippen molar-refractivity contribution in [2.24, 2.45) is 0 Å². The number of amides is 1. The van der Waals surface area contributed by atoms with E-state index in [-0.39, 0.29) is 29.8 Å². The smallest absolute Gasteiger partial charge is 0.264 e. The number of fused-ring (bicyclic) bond motifs is 1. The van der Waals surface area contributed by atoms with Crippen molar-refractivity contribution in [1.29, 1.82) is 0 Å². The van der Waals surface area contributed by atoms with Crippen LogP contribution in [0.4, 0.5) is 5.69 Å². The van der Waals surface area contributed by atoms with Gasteiger partial charge in [-0.25, -0.2) is 8.42 Å². The van der Waals surface area contributed by atoms with Gasteiger partial charge in [-0.1, -0.05) is 53.6 Å². The first kappa shape index (κ1) is 22.9. The van der Waals surface area contributed by atoms with Crippen molar-refractivity contribution in [2.75, 3.05) is 17.5 Å². The Labute approximate surface area is 195 Å². The molecule has 7 heteroatoms. The third-order valence-electron chi connectivity index (χ3n) is 5.77. The molecule has 0 saturated heterocycles. The highest BCUT2D eigenvalue weighted by atomic mass is 32.2. The number of carbonyl (C=O) groups is 1. The molecule has 0 aromatic heterocycles. The van der Waals surface area contributed by atoms with E-state index >= 15 is 0 Å². The topological polar surface area (TPSA) is 75.7 Å². The average molecular weight is 465 g/mol. The van der Waals surface area contributed by atoms with Gasteiger partial charge >= 0.3 is 0 Å². The van der Waals surface area contributed by atoms with Gasteiger partial charge in [0.25, 0.3) is 10.0 Å². The Kier molecular flexibility index (Phi) is 6.70. The number of aryl methyl sites for hydroxylation is 2. The molecule has 0 aliphatic carbocycles. The van der Waals surface area contributed by atoms with Crippen molar-refractivity contribution in [2.45, 2.75) is 37.6 Å². The summed E-state index contributed by atoms with van der Waals surface area (Å²) in [5.41, 5.74) is 3.49. The summed E-state index contributed by atoms with van der Waals surface area (Å²) < 4.78 is 33.9. The molecular formula is C26H28N2O4S. The molecule has 4 rings (SSSR count). The highest BCUT2D eigenvalue weighted by Gasteiger charge is 2.27. The van der Waals surface area contributed by atoms with E-state index in [1.807, 2.05) is 50.2 Å². The number of nitrogens with one attached hydrogen (secondary N) is 1. The first-order chi connectivity index (χ1) is 15.8. The molecule has 0 fully saturated rings. The lowest BCUT2D eigenvalue weighted by Crippen LogP contribution is -2.37. The second-order valence-corrected chi connectivity index (χ2v) is 10.1. The van der Waals surface area contributed by atoms with Gasteiger partial charge in [-0.3, -0.25) is 9.10 Å². The second kappa shape index (κ2) is 9.67. The number of nitrogens with zero attached hydrogens (tertiary/aromatic N) is 1. The van der Waals surface area contributed by atoms with Crippen LogP contribution in [0.1, 0.15) is 35.6 Å². The standard InChI is InChI=1S/C26H28N2O4S/c1-19-7-11-21(12-8-19)28(33(30,31)22-13-9-20(2)10-14-22)17-15-26(29)27-24-16-18-32-25-6-4-3-5-23(24)25/h3-14,24H,15-18H2,1-2H3,(H,27,29)/t24-/m1/s1. The Morgan fingerprint density at radius 1 is 0.970 bits per heavy atom. The molecule has 1 atom stereocenters. The van der Waals surface area contributed by atoms with Gasteiger partial charge in [0.2, 0.25) is 5.91 Å². The molecule has 0 unspecified atom stereocenters. The molecule has 1 heterocycles. The lowest BCUT2D eigenvalue weighted by molar-refractivity contribution is -0.121. The van der Waals surface area contributed by atoms with E-state index in [1.165, 1.54) is 4.31 Å². The maximum Gasteiger partial charge on any atom is 0.264 e. The number of benzene rings is 3. The van der Waals surface area contributed by atoms with E-state index in [4.69, 9.17) is 4.74 Å². The number of hydrogen-bond donors (Lipinski definition) is 1. The Bertz CT molecular complexity index is 1220. The van der Waals surface area contributed by atoms with Crippen LogP contribution in [0, 0.1) is 13.8 Å². The number of anilines is 1. The number of para-hydroxylation sites is 1. The van der Waals surface area contributed by atoms with Crippen molar-refractivity contribution in [3.63, 3.8) is 0 Å². The number of rotatable bonds is 7. The Balaban J connectivity index is 1.53. The normalized spacial score (nSPS) is 15.3. The van der Waals surface area contributed by atoms with E-state index in [2.05, 4.69) is 5.32 Å². The minimum absolute atomic E-state index is 0.0377. The van der Waals surface area contributed by atoms with Crippen LogP contribution in [0.15, 0.2) is 77.7 Å². The SMILES string of the molecule is Cc1ccc(N(CCC(=O)N[C@@H]2CCOc3ccccc32)S(=O)(=O)c2ccc(C)cc2)cc1. The zero-order chi connectivity index (χ0) is 23.4. The lowest BCUT2D eigenvalue weighted by atomic mass is 10.0. The van der Waals surface area contributed by atoms with Gasteiger partial charge in [-0.2, -0.15) is 0 Å². The lowest BCUT2D eigenvalue weighted by Gasteiger charge is -2.28. The van der Waals surface area contributed by atoms with Crippen molar-refractivity contribution in [3.8, 4) is 5.75 Å². The minimum atomic E-state index is -3.83. The summed E-state index contributed by atoms with van der Waals surface area (Å²) in [5.74, 6) is 0.574. The molecule has 3 aromatic carbocycles. The molecule has 33 heavy (non-hydrogen) atoms. The highest BCUT2D eigenvalue weighted by molar-refractivity contribution is 7.92. The summed E-state index contributed by atoms with van der Waals surface area (Å²) in [4.78, 5) is 13.0. The maximum absolute atomic E-state index is 13.5. The molecule has 3 aromatic rings. The Morgan fingerprint density at radius 2 is 1.61 bits per heavy atom. The molecule has 0 saturated carbocycles. The van der Waals surface area contributed by atoms with Crippen molar-refractivity contribution in [3.05, 3.63) is 89.5 Å². The molecule has 1 amide bonds. The zero-order valence-corrected chi connectivity index (χ0v) is 19.6. The van der Waals surface area contributed by atoms with E-state index in [0.717, 1.165) is 22.4 Å². The molecule has 0 radical (unpaired) electrons.